The molecule has 3 N–H and O–H groups in total. The van der Waals surface area contributed by atoms with E-state index < -0.39 is 27.5 Å². The first-order chi connectivity index (χ1) is 24.1. The number of nitrogens with one attached hydrogen (secondary N) is 3. The molecule has 1 saturated carbocycles. The molecule has 1 amide bonds. The van der Waals surface area contributed by atoms with Crippen molar-refractivity contribution in [3.8, 4) is 11.7 Å². The molecular formula is C35H39ClF3N7O4S. The smallest absolute Gasteiger partial charge is 0.394 e. The Balaban J connectivity index is 1.09. The Bertz CT molecular complexity index is 1970. The molecule has 0 bridgehead atoms. The summed E-state index contributed by atoms with van der Waals surface area (Å²) < 4.78 is 74.9. The first kappa shape index (κ1) is 36.6. The summed E-state index contributed by atoms with van der Waals surface area (Å²) in [6.45, 7) is 5.18. The van der Waals surface area contributed by atoms with Gasteiger partial charge in [-0.15, -0.1) is 5.10 Å². The fraction of sp³-hybridized carbons (Fsp3) is 0.429. The van der Waals surface area contributed by atoms with Gasteiger partial charge in [-0.25, -0.2) is 19.4 Å². The van der Waals surface area contributed by atoms with Gasteiger partial charge in [0.05, 0.1) is 23.6 Å². The van der Waals surface area contributed by atoms with Crippen molar-refractivity contribution >= 4 is 33.3 Å². The Hall–Kier alpha value is -4.21. The fourth-order valence-electron chi connectivity index (χ4n) is 6.36. The molecule has 2 aliphatic rings. The van der Waals surface area contributed by atoms with E-state index in [1.165, 1.54) is 35.1 Å². The van der Waals surface area contributed by atoms with Gasteiger partial charge in [-0.1, -0.05) is 48.0 Å². The van der Waals surface area contributed by atoms with Crippen LogP contribution in [-0.2, 0) is 10.0 Å². The minimum atomic E-state index is -4.42. The quantitative estimate of drug-likeness (QED) is 0.118. The number of anilines is 1. The van der Waals surface area contributed by atoms with Crippen molar-refractivity contribution in [3.05, 3.63) is 89.2 Å². The molecule has 51 heavy (non-hydrogen) atoms. The number of carbonyl (C=O) groups excluding carboxylic acids is 1. The summed E-state index contributed by atoms with van der Waals surface area (Å²) in [5, 5.41) is 10.5. The molecule has 2 unspecified atom stereocenters. The number of hydrogen-bond donors (Lipinski definition) is 3. The summed E-state index contributed by atoms with van der Waals surface area (Å²) in [6, 6.07) is 18.4. The van der Waals surface area contributed by atoms with E-state index in [-0.39, 0.29) is 64.9 Å². The van der Waals surface area contributed by atoms with Crippen LogP contribution in [0, 0.1) is 11.3 Å². The van der Waals surface area contributed by atoms with Crippen LogP contribution >= 0.6 is 11.6 Å². The third kappa shape index (κ3) is 8.82. The number of amides is 1. The van der Waals surface area contributed by atoms with Crippen molar-refractivity contribution in [2.75, 3.05) is 18.5 Å². The molecule has 0 radical (unpaired) electrons. The van der Waals surface area contributed by atoms with Crippen LogP contribution in [0.25, 0.3) is 5.82 Å². The van der Waals surface area contributed by atoms with Crippen molar-refractivity contribution in [1.29, 1.82) is 0 Å². The number of pyridine rings is 2. The van der Waals surface area contributed by atoms with E-state index in [0.29, 0.717) is 11.7 Å². The Morgan fingerprint density at radius 1 is 1.08 bits per heavy atom. The van der Waals surface area contributed by atoms with Crippen molar-refractivity contribution < 1.29 is 31.1 Å². The Labute approximate surface area is 299 Å². The first-order valence-electron chi connectivity index (χ1n) is 16.7. The summed E-state index contributed by atoms with van der Waals surface area (Å²) in [4.78, 5) is 21.6. The summed E-state index contributed by atoms with van der Waals surface area (Å²) in [6.07, 6.45) is 0.0515. The van der Waals surface area contributed by atoms with Gasteiger partial charge >= 0.3 is 6.18 Å². The van der Waals surface area contributed by atoms with Gasteiger partial charge in [-0.2, -0.15) is 21.6 Å². The van der Waals surface area contributed by atoms with Gasteiger partial charge in [-0.3, -0.25) is 4.79 Å². The van der Waals surface area contributed by atoms with E-state index in [4.69, 9.17) is 16.3 Å². The largest absolute Gasteiger partial charge is 0.477 e. The fourth-order valence-corrected chi connectivity index (χ4v) is 7.53. The second-order valence-electron chi connectivity index (χ2n) is 13.8. The molecule has 2 fully saturated rings. The summed E-state index contributed by atoms with van der Waals surface area (Å²) in [5.41, 5.74) is -0.747. The second kappa shape index (κ2) is 14.4. The predicted octanol–water partition coefficient (Wildman–Crippen LogP) is 6.87. The van der Waals surface area contributed by atoms with Gasteiger partial charge in [0.25, 0.3) is 15.9 Å². The Morgan fingerprint density at radius 3 is 2.51 bits per heavy atom. The van der Waals surface area contributed by atoms with Crippen LogP contribution in [0.4, 0.5) is 19.0 Å². The topological polar surface area (TPSA) is 140 Å². The predicted molar refractivity (Wildman–Crippen MR) is 185 cm³/mol. The van der Waals surface area contributed by atoms with Gasteiger partial charge in [-0.05, 0) is 94.7 Å². The average Bonchev–Trinajstić information content (AvgIpc) is 3.60. The molecular weight excluding hydrogens is 707 g/mol. The lowest BCUT2D eigenvalue weighted by atomic mass is 9.91. The number of aromatic nitrogens is 4. The maximum atomic E-state index is 13.3. The number of nitrogens with zero attached hydrogens (tertiary/aromatic N) is 4. The first-order valence-corrected chi connectivity index (χ1v) is 18.5. The van der Waals surface area contributed by atoms with E-state index in [2.05, 4.69) is 39.5 Å². The Morgan fingerprint density at radius 2 is 1.84 bits per heavy atom. The van der Waals surface area contributed by atoms with Gasteiger partial charge in [0, 0.05) is 17.8 Å². The van der Waals surface area contributed by atoms with Gasteiger partial charge < -0.3 is 15.4 Å². The maximum Gasteiger partial charge on any atom is 0.394 e. The van der Waals surface area contributed by atoms with Crippen LogP contribution in [0.5, 0.6) is 5.88 Å². The molecule has 0 spiro atoms. The molecule has 4 aromatic rings. The number of halogens is 4. The number of alkyl halides is 3. The molecule has 16 heteroatoms. The van der Waals surface area contributed by atoms with Crippen LogP contribution < -0.4 is 20.1 Å². The number of ether oxygens (including phenoxy) is 1. The molecule has 4 heterocycles. The zero-order valence-electron chi connectivity index (χ0n) is 28.1. The van der Waals surface area contributed by atoms with Crippen LogP contribution in [0.2, 0.25) is 5.15 Å². The van der Waals surface area contributed by atoms with E-state index in [9.17, 15) is 26.4 Å². The molecule has 1 saturated heterocycles. The normalized spacial score (nSPS) is 18.6. The van der Waals surface area contributed by atoms with E-state index in [1.54, 1.807) is 12.1 Å². The molecule has 11 nitrogen and oxygen atoms in total. The third-order valence-corrected chi connectivity index (χ3v) is 11.0. The number of carbonyl (C=O) groups is 1. The highest BCUT2D eigenvalue weighted by Crippen LogP contribution is 2.59. The van der Waals surface area contributed by atoms with Crippen molar-refractivity contribution in [1.82, 2.24) is 29.8 Å². The number of benzene rings is 1. The average molecular weight is 746 g/mol. The highest BCUT2D eigenvalue weighted by Gasteiger charge is 2.62. The molecule has 1 aliphatic carbocycles. The minimum Gasteiger partial charge on any atom is -0.477 e. The standard InChI is InChI=1S/C35H39ClF3N7O4S/c1-33(2)21-23(22-40-33)11-13-26(24-7-4-3-5-8-24)41-27-9-6-10-30(42-27)51(48,49)45-32(47)25-12-14-28(43-31(25)36)46-19-15-29(44-46)50-20-18-34(16-17-34)35(37,38)39/h3-10,12,14-15,19,23,26,40H,11,13,16-18,20-22H2,1-2H3,(H,41,42)(H,45,47). The van der Waals surface area contributed by atoms with Crippen LogP contribution in [0.1, 0.15) is 74.3 Å². The lowest BCUT2D eigenvalue weighted by molar-refractivity contribution is -0.190. The lowest BCUT2D eigenvalue weighted by Crippen LogP contribution is -2.31. The summed E-state index contributed by atoms with van der Waals surface area (Å²) in [5.74, 6) is 0.0993. The second-order valence-corrected chi connectivity index (χ2v) is 15.8. The van der Waals surface area contributed by atoms with Gasteiger partial charge in [0.1, 0.15) is 11.0 Å². The highest BCUT2D eigenvalue weighted by atomic mass is 35.5. The molecule has 6 rings (SSSR count). The van der Waals surface area contributed by atoms with E-state index in [0.717, 1.165) is 31.4 Å². The maximum absolute atomic E-state index is 13.3. The zero-order chi connectivity index (χ0) is 36.4. The molecule has 2 atom stereocenters. The third-order valence-electron chi connectivity index (χ3n) is 9.45. The molecule has 1 aromatic carbocycles. The van der Waals surface area contributed by atoms with Crippen LogP contribution in [0.15, 0.2) is 78.0 Å². The summed E-state index contributed by atoms with van der Waals surface area (Å²) in [7, 11) is -4.42. The van der Waals surface area contributed by atoms with E-state index >= 15 is 0 Å². The van der Waals surface area contributed by atoms with Gasteiger partial charge in [0.15, 0.2) is 10.8 Å². The number of sulfonamides is 1. The van der Waals surface area contributed by atoms with Crippen molar-refractivity contribution in [2.45, 2.75) is 75.2 Å². The monoisotopic (exact) mass is 745 g/mol. The van der Waals surface area contributed by atoms with Crippen molar-refractivity contribution in [3.63, 3.8) is 0 Å². The highest BCUT2D eigenvalue weighted by molar-refractivity contribution is 7.90. The SMILES string of the molecule is CC1(C)CC(CCC(Nc2cccc(S(=O)(=O)NC(=O)c3ccc(-n4ccc(OCCC5(C(F)(F)F)CC5)n4)nc3Cl)n2)c2ccccc2)CN1. The molecule has 272 valence electrons. The van der Waals surface area contributed by atoms with Crippen LogP contribution in [0.3, 0.4) is 0 Å². The minimum absolute atomic E-state index is 0.0881. The zero-order valence-corrected chi connectivity index (χ0v) is 29.7. The van der Waals surface area contributed by atoms with Gasteiger partial charge in [0.2, 0.25) is 5.88 Å². The number of rotatable bonds is 14. The molecule has 1 aliphatic heterocycles. The number of hydrogen-bond acceptors (Lipinski definition) is 9. The van der Waals surface area contributed by atoms with Crippen molar-refractivity contribution in [2.24, 2.45) is 11.3 Å². The lowest BCUT2D eigenvalue weighted by Gasteiger charge is -2.22. The van der Waals surface area contributed by atoms with Crippen LogP contribution in [-0.4, -0.2) is 58.9 Å². The Kier molecular flexibility index (Phi) is 10.3. The van der Waals surface area contributed by atoms with E-state index in [1.807, 2.05) is 35.1 Å². The molecule has 3 aromatic heterocycles. The summed E-state index contributed by atoms with van der Waals surface area (Å²) >= 11 is 6.30.